The third-order valence-corrected chi connectivity index (χ3v) is 4.26. The number of carbonyl (C=O) groups is 1. The first-order chi connectivity index (χ1) is 10.0. The minimum Gasteiger partial charge on any atom is -0.481 e. The van der Waals surface area contributed by atoms with Crippen LogP contribution in [0.2, 0.25) is 0 Å². The highest BCUT2D eigenvalue weighted by Gasteiger charge is 2.34. The number of morpholine rings is 1. The van der Waals surface area contributed by atoms with Gasteiger partial charge in [-0.15, -0.1) is 0 Å². The van der Waals surface area contributed by atoms with E-state index in [0.717, 1.165) is 19.5 Å². The van der Waals surface area contributed by atoms with Crippen LogP contribution >= 0.6 is 0 Å². The molecule has 0 radical (unpaired) electrons. The van der Waals surface area contributed by atoms with Gasteiger partial charge in [0.1, 0.15) is 11.9 Å². The van der Waals surface area contributed by atoms with Gasteiger partial charge in [-0.25, -0.2) is 4.98 Å². The maximum Gasteiger partial charge on any atom is 0.308 e. The van der Waals surface area contributed by atoms with Crippen molar-refractivity contribution >= 4 is 5.97 Å². The van der Waals surface area contributed by atoms with E-state index in [9.17, 15) is 9.59 Å². The summed E-state index contributed by atoms with van der Waals surface area (Å²) in [6, 6.07) is 0.486. The number of aromatic nitrogens is 2. The summed E-state index contributed by atoms with van der Waals surface area (Å²) in [6.07, 6.45) is 1.78. The summed E-state index contributed by atoms with van der Waals surface area (Å²) in [7, 11) is 0. The summed E-state index contributed by atoms with van der Waals surface area (Å²) in [5.41, 5.74) is 0.288. The van der Waals surface area contributed by atoms with Crippen LogP contribution in [0.1, 0.15) is 36.0 Å². The van der Waals surface area contributed by atoms with Gasteiger partial charge in [-0.1, -0.05) is 0 Å². The van der Waals surface area contributed by atoms with Crippen molar-refractivity contribution in [2.45, 2.75) is 38.3 Å². The number of carboxylic acid groups (broad SMARTS) is 1. The SMILES string of the molecule is Cc1nc(C2CN3CCCC3CO2)[nH]c(=O)c1CC(=O)O. The van der Waals surface area contributed by atoms with E-state index in [-0.39, 0.29) is 23.6 Å². The Bertz CT molecular complexity index is 613. The summed E-state index contributed by atoms with van der Waals surface area (Å²) in [5, 5.41) is 8.82. The molecule has 7 nitrogen and oxygen atoms in total. The van der Waals surface area contributed by atoms with Gasteiger partial charge in [-0.05, 0) is 26.3 Å². The number of aromatic amines is 1. The number of nitrogens with zero attached hydrogens (tertiary/aromatic N) is 2. The number of nitrogens with one attached hydrogen (secondary N) is 1. The van der Waals surface area contributed by atoms with Crippen LogP contribution in [0.5, 0.6) is 0 Å². The number of fused-ring (bicyclic) bond motifs is 1. The highest BCUT2D eigenvalue weighted by Crippen LogP contribution is 2.28. The second kappa shape index (κ2) is 5.57. The van der Waals surface area contributed by atoms with Gasteiger partial charge in [0.2, 0.25) is 0 Å². The summed E-state index contributed by atoms with van der Waals surface area (Å²) in [5.74, 6) is -0.538. The molecule has 21 heavy (non-hydrogen) atoms. The molecule has 0 aromatic carbocycles. The van der Waals surface area contributed by atoms with Crippen molar-refractivity contribution in [3.8, 4) is 0 Å². The smallest absolute Gasteiger partial charge is 0.308 e. The number of ether oxygens (including phenoxy) is 1. The fourth-order valence-corrected chi connectivity index (χ4v) is 3.13. The molecule has 0 amide bonds. The van der Waals surface area contributed by atoms with Gasteiger partial charge in [0.25, 0.3) is 5.56 Å². The maximum absolute atomic E-state index is 12.0. The predicted molar refractivity (Wildman–Crippen MR) is 74.2 cm³/mol. The molecular weight excluding hydrogens is 274 g/mol. The summed E-state index contributed by atoms with van der Waals surface area (Å²) >= 11 is 0. The molecule has 114 valence electrons. The van der Waals surface area contributed by atoms with Crippen molar-refractivity contribution in [3.05, 3.63) is 27.4 Å². The number of H-pyrrole nitrogens is 1. The van der Waals surface area contributed by atoms with E-state index in [4.69, 9.17) is 9.84 Å². The van der Waals surface area contributed by atoms with Crippen molar-refractivity contribution in [2.24, 2.45) is 0 Å². The first-order valence-corrected chi connectivity index (χ1v) is 7.21. The summed E-state index contributed by atoms with van der Waals surface area (Å²) < 4.78 is 5.82. The van der Waals surface area contributed by atoms with Gasteiger partial charge < -0.3 is 14.8 Å². The Balaban J connectivity index is 1.83. The predicted octanol–water partition coefficient (Wildman–Crippen LogP) is 0.241. The number of hydrogen-bond acceptors (Lipinski definition) is 5. The van der Waals surface area contributed by atoms with Crippen LogP contribution in [0.3, 0.4) is 0 Å². The molecular formula is C14H19N3O4. The normalized spacial score (nSPS) is 25.8. The van der Waals surface area contributed by atoms with Gasteiger partial charge in [-0.3, -0.25) is 14.5 Å². The Kier molecular flexibility index (Phi) is 3.77. The minimum absolute atomic E-state index is 0.209. The second-order valence-corrected chi connectivity index (χ2v) is 5.70. The number of hydrogen-bond donors (Lipinski definition) is 2. The number of aryl methyl sites for hydroxylation is 1. The molecule has 3 rings (SSSR count). The average Bonchev–Trinajstić information content (AvgIpc) is 2.89. The summed E-state index contributed by atoms with van der Waals surface area (Å²) in [6.45, 7) is 4.11. The Labute approximate surface area is 121 Å². The van der Waals surface area contributed by atoms with Crippen LogP contribution in [0.25, 0.3) is 0 Å². The quantitative estimate of drug-likeness (QED) is 0.829. The van der Waals surface area contributed by atoms with Crippen LogP contribution in [-0.2, 0) is 16.0 Å². The number of aliphatic carboxylic acids is 1. The van der Waals surface area contributed by atoms with E-state index < -0.39 is 5.97 Å². The molecule has 2 fully saturated rings. The first kappa shape index (κ1) is 14.2. The van der Waals surface area contributed by atoms with Crippen LogP contribution < -0.4 is 5.56 Å². The zero-order chi connectivity index (χ0) is 15.0. The molecule has 0 bridgehead atoms. The van der Waals surface area contributed by atoms with Crippen molar-refractivity contribution in [1.29, 1.82) is 0 Å². The molecule has 0 aliphatic carbocycles. The number of rotatable bonds is 3. The standard InChI is InChI=1S/C14H19N3O4/c1-8-10(5-12(18)19)14(20)16-13(15-8)11-6-17-4-2-3-9(17)7-21-11/h9,11H,2-7H2,1H3,(H,18,19)(H,15,16,20). The topological polar surface area (TPSA) is 95.5 Å². The lowest BCUT2D eigenvalue weighted by atomic mass is 10.1. The lowest BCUT2D eigenvalue weighted by molar-refractivity contribution is -0.136. The Hall–Kier alpha value is -1.73. The van der Waals surface area contributed by atoms with Gasteiger partial charge in [-0.2, -0.15) is 0 Å². The van der Waals surface area contributed by atoms with Gasteiger partial charge in [0.05, 0.1) is 13.0 Å². The van der Waals surface area contributed by atoms with Crippen molar-refractivity contribution < 1.29 is 14.6 Å². The Morgan fingerprint density at radius 3 is 3.10 bits per heavy atom. The Morgan fingerprint density at radius 2 is 2.38 bits per heavy atom. The molecule has 2 atom stereocenters. The van der Waals surface area contributed by atoms with Gasteiger partial charge >= 0.3 is 5.97 Å². The fraction of sp³-hybridized carbons (Fsp3) is 0.643. The molecule has 7 heteroatoms. The third-order valence-electron chi connectivity index (χ3n) is 4.26. The average molecular weight is 293 g/mol. The third kappa shape index (κ3) is 2.84. The Morgan fingerprint density at radius 1 is 1.57 bits per heavy atom. The van der Waals surface area contributed by atoms with Crippen LogP contribution in [-0.4, -0.2) is 51.7 Å². The van der Waals surface area contributed by atoms with Crippen molar-refractivity contribution in [3.63, 3.8) is 0 Å². The molecule has 2 N–H and O–H groups in total. The van der Waals surface area contributed by atoms with Crippen molar-refractivity contribution in [2.75, 3.05) is 19.7 Å². The van der Waals surface area contributed by atoms with E-state index in [0.29, 0.717) is 24.2 Å². The molecule has 3 heterocycles. The summed E-state index contributed by atoms with van der Waals surface area (Å²) in [4.78, 5) is 32.2. The molecule has 1 aromatic heterocycles. The monoisotopic (exact) mass is 293 g/mol. The molecule has 0 spiro atoms. The van der Waals surface area contributed by atoms with Crippen LogP contribution in [0.4, 0.5) is 0 Å². The molecule has 2 saturated heterocycles. The lowest BCUT2D eigenvalue weighted by Crippen LogP contribution is -2.43. The lowest BCUT2D eigenvalue weighted by Gasteiger charge is -2.34. The van der Waals surface area contributed by atoms with Crippen LogP contribution in [0.15, 0.2) is 4.79 Å². The highest BCUT2D eigenvalue weighted by molar-refractivity contribution is 5.70. The highest BCUT2D eigenvalue weighted by atomic mass is 16.5. The molecule has 1 aromatic rings. The first-order valence-electron chi connectivity index (χ1n) is 7.21. The fourth-order valence-electron chi connectivity index (χ4n) is 3.13. The van der Waals surface area contributed by atoms with E-state index in [2.05, 4.69) is 14.9 Å². The van der Waals surface area contributed by atoms with Gasteiger partial charge in [0.15, 0.2) is 0 Å². The van der Waals surface area contributed by atoms with E-state index >= 15 is 0 Å². The minimum atomic E-state index is -1.04. The molecule has 2 unspecified atom stereocenters. The van der Waals surface area contributed by atoms with E-state index in [1.807, 2.05) is 0 Å². The largest absolute Gasteiger partial charge is 0.481 e. The zero-order valence-corrected chi connectivity index (χ0v) is 12.0. The molecule has 2 aliphatic heterocycles. The molecule has 2 aliphatic rings. The van der Waals surface area contributed by atoms with Crippen molar-refractivity contribution in [1.82, 2.24) is 14.9 Å². The molecule has 0 saturated carbocycles. The number of carboxylic acids is 1. The van der Waals surface area contributed by atoms with Crippen LogP contribution in [0, 0.1) is 6.92 Å². The van der Waals surface area contributed by atoms with E-state index in [1.165, 1.54) is 6.42 Å². The van der Waals surface area contributed by atoms with E-state index in [1.54, 1.807) is 6.92 Å². The maximum atomic E-state index is 12.0. The second-order valence-electron chi connectivity index (χ2n) is 5.70. The van der Waals surface area contributed by atoms with Gasteiger partial charge in [0, 0.05) is 23.8 Å². The zero-order valence-electron chi connectivity index (χ0n) is 12.0.